The van der Waals surface area contributed by atoms with E-state index in [2.05, 4.69) is 18.3 Å². The standard InChI is InChI=1S/C17H22N2O2/c1-4-16-8-9-17(21-16)11-18-15-7-5-6-14(10-15)12-19(3)13(2)20/h5-10,18H,4,11-12H2,1-3H3. The maximum absolute atomic E-state index is 11.3. The van der Waals surface area contributed by atoms with Gasteiger partial charge in [0.2, 0.25) is 5.91 Å². The number of aryl methyl sites for hydroxylation is 1. The van der Waals surface area contributed by atoms with Crippen molar-refractivity contribution in [1.82, 2.24) is 4.90 Å². The number of furan rings is 1. The molecule has 1 aromatic carbocycles. The molecule has 0 unspecified atom stereocenters. The molecule has 2 aromatic rings. The Kier molecular flexibility index (Phi) is 5.04. The zero-order valence-electron chi connectivity index (χ0n) is 12.8. The molecular weight excluding hydrogens is 264 g/mol. The lowest BCUT2D eigenvalue weighted by Gasteiger charge is -2.15. The number of anilines is 1. The molecule has 112 valence electrons. The monoisotopic (exact) mass is 286 g/mol. The molecule has 0 aliphatic heterocycles. The van der Waals surface area contributed by atoms with Gasteiger partial charge in [0.25, 0.3) is 0 Å². The van der Waals surface area contributed by atoms with Crippen LogP contribution < -0.4 is 5.32 Å². The third-order valence-electron chi connectivity index (χ3n) is 3.42. The molecule has 0 saturated carbocycles. The largest absolute Gasteiger partial charge is 0.464 e. The second kappa shape index (κ2) is 6.97. The van der Waals surface area contributed by atoms with E-state index in [0.29, 0.717) is 13.1 Å². The average molecular weight is 286 g/mol. The van der Waals surface area contributed by atoms with E-state index in [9.17, 15) is 4.79 Å². The summed E-state index contributed by atoms with van der Waals surface area (Å²) in [5.74, 6) is 2.00. The third kappa shape index (κ3) is 4.38. The zero-order valence-corrected chi connectivity index (χ0v) is 12.8. The van der Waals surface area contributed by atoms with E-state index < -0.39 is 0 Å². The molecule has 21 heavy (non-hydrogen) atoms. The van der Waals surface area contributed by atoms with Crippen LogP contribution in [-0.4, -0.2) is 17.9 Å². The molecule has 0 atom stereocenters. The lowest BCUT2D eigenvalue weighted by atomic mass is 10.2. The van der Waals surface area contributed by atoms with E-state index >= 15 is 0 Å². The summed E-state index contributed by atoms with van der Waals surface area (Å²) in [6.45, 7) is 4.92. The van der Waals surface area contributed by atoms with Crippen molar-refractivity contribution >= 4 is 11.6 Å². The number of hydrogen-bond donors (Lipinski definition) is 1. The number of carbonyl (C=O) groups is 1. The van der Waals surface area contributed by atoms with Crippen LogP contribution in [0.3, 0.4) is 0 Å². The Morgan fingerprint density at radius 3 is 2.67 bits per heavy atom. The summed E-state index contributed by atoms with van der Waals surface area (Å²) in [5, 5.41) is 3.34. The predicted octanol–water partition coefficient (Wildman–Crippen LogP) is 3.43. The Balaban J connectivity index is 1.95. The Labute approximate surface area is 125 Å². The molecule has 1 aromatic heterocycles. The van der Waals surface area contributed by atoms with Gasteiger partial charge in [0.1, 0.15) is 11.5 Å². The molecule has 1 N–H and O–H groups in total. The van der Waals surface area contributed by atoms with Crippen LogP contribution >= 0.6 is 0 Å². The highest BCUT2D eigenvalue weighted by atomic mass is 16.3. The van der Waals surface area contributed by atoms with Crippen LogP contribution in [0.25, 0.3) is 0 Å². The average Bonchev–Trinajstić information content (AvgIpc) is 2.93. The van der Waals surface area contributed by atoms with Gasteiger partial charge in [-0.25, -0.2) is 0 Å². The van der Waals surface area contributed by atoms with Crippen LogP contribution in [0.4, 0.5) is 5.69 Å². The van der Waals surface area contributed by atoms with Crippen molar-refractivity contribution in [1.29, 1.82) is 0 Å². The second-order valence-corrected chi connectivity index (χ2v) is 5.15. The van der Waals surface area contributed by atoms with Gasteiger partial charge in [0, 0.05) is 32.6 Å². The fourth-order valence-electron chi connectivity index (χ4n) is 2.06. The first-order valence-corrected chi connectivity index (χ1v) is 7.20. The highest BCUT2D eigenvalue weighted by Gasteiger charge is 2.04. The van der Waals surface area contributed by atoms with Gasteiger partial charge in [0.15, 0.2) is 0 Å². The van der Waals surface area contributed by atoms with Crippen molar-refractivity contribution in [2.75, 3.05) is 12.4 Å². The first-order valence-electron chi connectivity index (χ1n) is 7.20. The molecule has 1 amide bonds. The summed E-state index contributed by atoms with van der Waals surface area (Å²) in [6, 6.07) is 12.1. The number of nitrogens with zero attached hydrogens (tertiary/aromatic N) is 1. The number of carbonyl (C=O) groups excluding carboxylic acids is 1. The summed E-state index contributed by atoms with van der Waals surface area (Å²) in [6.07, 6.45) is 0.910. The second-order valence-electron chi connectivity index (χ2n) is 5.15. The molecule has 1 heterocycles. The minimum Gasteiger partial charge on any atom is -0.464 e. The van der Waals surface area contributed by atoms with Crippen LogP contribution in [-0.2, 0) is 24.3 Å². The number of nitrogens with one attached hydrogen (secondary N) is 1. The zero-order chi connectivity index (χ0) is 15.2. The summed E-state index contributed by atoms with van der Waals surface area (Å²) >= 11 is 0. The van der Waals surface area contributed by atoms with Gasteiger partial charge in [-0.05, 0) is 29.8 Å². The summed E-state index contributed by atoms with van der Waals surface area (Å²) in [7, 11) is 1.80. The maximum atomic E-state index is 11.3. The van der Waals surface area contributed by atoms with Crippen LogP contribution in [0.2, 0.25) is 0 Å². The van der Waals surface area contributed by atoms with E-state index in [1.54, 1.807) is 18.9 Å². The first-order chi connectivity index (χ1) is 10.1. The molecular formula is C17H22N2O2. The van der Waals surface area contributed by atoms with Gasteiger partial charge in [-0.3, -0.25) is 4.79 Å². The molecule has 4 heteroatoms. The van der Waals surface area contributed by atoms with Crippen molar-refractivity contribution in [3.8, 4) is 0 Å². The topological polar surface area (TPSA) is 45.5 Å². The third-order valence-corrected chi connectivity index (χ3v) is 3.42. The minimum absolute atomic E-state index is 0.0658. The molecule has 4 nitrogen and oxygen atoms in total. The van der Waals surface area contributed by atoms with E-state index in [-0.39, 0.29) is 5.91 Å². The fourth-order valence-corrected chi connectivity index (χ4v) is 2.06. The molecule has 0 aliphatic rings. The normalized spacial score (nSPS) is 10.4. The summed E-state index contributed by atoms with van der Waals surface area (Å²) in [4.78, 5) is 13.0. The van der Waals surface area contributed by atoms with Crippen LogP contribution in [0, 0.1) is 0 Å². The van der Waals surface area contributed by atoms with Crippen molar-refractivity contribution in [2.45, 2.75) is 33.4 Å². The maximum Gasteiger partial charge on any atom is 0.219 e. The van der Waals surface area contributed by atoms with Gasteiger partial charge in [-0.2, -0.15) is 0 Å². The molecule has 0 aliphatic carbocycles. The van der Waals surface area contributed by atoms with E-state index in [1.807, 2.05) is 30.3 Å². The van der Waals surface area contributed by atoms with E-state index in [1.165, 1.54) is 0 Å². The number of rotatable bonds is 6. The highest BCUT2D eigenvalue weighted by Crippen LogP contribution is 2.15. The molecule has 0 spiro atoms. The smallest absolute Gasteiger partial charge is 0.219 e. The Bertz CT molecular complexity index is 604. The summed E-state index contributed by atoms with van der Waals surface area (Å²) in [5.41, 5.74) is 2.13. The lowest BCUT2D eigenvalue weighted by molar-refractivity contribution is -0.128. The van der Waals surface area contributed by atoms with Crippen LogP contribution in [0.1, 0.15) is 30.9 Å². The van der Waals surface area contributed by atoms with Gasteiger partial charge in [-0.1, -0.05) is 19.1 Å². The van der Waals surface area contributed by atoms with Crippen molar-refractivity contribution in [2.24, 2.45) is 0 Å². The van der Waals surface area contributed by atoms with Crippen molar-refractivity contribution < 1.29 is 9.21 Å². The lowest BCUT2D eigenvalue weighted by Crippen LogP contribution is -2.22. The molecule has 0 saturated heterocycles. The fraction of sp³-hybridized carbons (Fsp3) is 0.353. The number of hydrogen-bond acceptors (Lipinski definition) is 3. The SMILES string of the molecule is CCc1ccc(CNc2cccc(CN(C)C(C)=O)c2)o1. The van der Waals surface area contributed by atoms with Gasteiger partial charge >= 0.3 is 0 Å². The van der Waals surface area contributed by atoms with Crippen molar-refractivity contribution in [3.05, 3.63) is 53.5 Å². The van der Waals surface area contributed by atoms with Crippen LogP contribution in [0.5, 0.6) is 0 Å². The van der Waals surface area contributed by atoms with E-state index in [0.717, 1.165) is 29.2 Å². The van der Waals surface area contributed by atoms with Gasteiger partial charge in [0.05, 0.1) is 6.54 Å². The van der Waals surface area contributed by atoms with Crippen molar-refractivity contribution in [3.63, 3.8) is 0 Å². The molecule has 2 rings (SSSR count). The predicted molar refractivity (Wildman–Crippen MR) is 84.0 cm³/mol. The molecule has 0 bridgehead atoms. The van der Waals surface area contributed by atoms with Gasteiger partial charge < -0.3 is 14.6 Å². The summed E-state index contributed by atoms with van der Waals surface area (Å²) < 4.78 is 5.67. The first kappa shape index (κ1) is 15.2. The minimum atomic E-state index is 0.0658. The van der Waals surface area contributed by atoms with Crippen LogP contribution in [0.15, 0.2) is 40.8 Å². The van der Waals surface area contributed by atoms with E-state index in [4.69, 9.17) is 4.42 Å². The quantitative estimate of drug-likeness (QED) is 0.885. The Morgan fingerprint density at radius 1 is 1.24 bits per heavy atom. The molecule has 0 radical (unpaired) electrons. The number of amides is 1. The molecule has 0 fully saturated rings. The number of benzene rings is 1. The van der Waals surface area contributed by atoms with Gasteiger partial charge in [-0.15, -0.1) is 0 Å². The highest BCUT2D eigenvalue weighted by molar-refractivity contribution is 5.72. The Morgan fingerprint density at radius 2 is 2.00 bits per heavy atom. The Hall–Kier alpha value is -2.23.